The molecule has 0 bridgehead atoms. The van der Waals surface area contributed by atoms with Crippen molar-refractivity contribution in [1.29, 1.82) is 5.26 Å². The monoisotopic (exact) mass is 279 g/mol. The van der Waals surface area contributed by atoms with Gasteiger partial charge in [-0.3, -0.25) is 4.79 Å². The lowest BCUT2D eigenvalue weighted by Gasteiger charge is -2.41. The van der Waals surface area contributed by atoms with Gasteiger partial charge in [-0.25, -0.2) is 4.79 Å². The van der Waals surface area contributed by atoms with E-state index >= 15 is 0 Å². The van der Waals surface area contributed by atoms with Gasteiger partial charge in [-0.15, -0.1) is 0 Å². The van der Waals surface area contributed by atoms with Crippen molar-refractivity contribution in [3.8, 4) is 6.07 Å². The van der Waals surface area contributed by atoms with Gasteiger partial charge in [0.15, 0.2) is 0 Å². The second kappa shape index (κ2) is 6.12. The van der Waals surface area contributed by atoms with Gasteiger partial charge in [-0.05, 0) is 31.1 Å². The van der Waals surface area contributed by atoms with Gasteiger partial charge in [0.2, 0.25) is 0 Å². The van der Waals surface area contributed by atoms with E-state index in [4.69, 9.17) is 10.4 Å². The van der Waals surface area contributed by atoms with Crippen molar-refractivity contribution in [2.45, 2.75) is 51.0 Å². The molecule has 2 fully saturated rings. The van der Waals surface area contributed by atoms with Crippen molar-refractivity contribution in [3.05, 3.63) is 0 Å². The summed E-state index contributed by atoms with van der Waals surface area (Å²) in [6.45, 7) is 0.882. The van der Waals surface area contributed by atoms with Crippen molar-refractivity contribution in [2.24, 2.45) is 5.41 Å². The molecule has 0 unspecified atom stereocenters. The highest BCUT2D eigenvalue weighted by atomic mass is 16.4. The van der Waals surface area contributed by atoms with Crippen molar-refractivity contribution in [1.82, 2.24) is 10.2 Å². The van der Waals surface area contributed by atoms with E-state index in [0.29, 0.717) is 19.5 Å². The van der Waals surface area contributed by atoms with Crippen molar-refractivity contribution < 1.29 is 14.7 Å². The summed E-state index contributed by atoms with van der Waals surface area (Å²) in [4.78, 5) is 24.8. The minimum Gasteiger partial charge on any atom is -0.481 e. The standard InChI is InChI=1S/C14H21N3O3/c15-7-2-8-17(11-3-4-11)13(20)16-10-14(5-1-6-14)9-12(18)19/h11H,1-6,8-10H2,(H,16,20)(H,18,19). The molecule has 0 aromatic rings. The largest absolute Gasteiger partial charge is 0.481 e. The Morgan fingerprint density at radius 3 is 2.55 bits per heavy atom. The highest BCUT2D eigenvalue weighted by Crippen LogP contribution is 2.43. The number of aliphatic carboxylic acids is 1. The molecule has 0 atom stereocenters. The number of amides is 2. The fourth-order valence-electron chi connectivity index (χ4n) is 2.78. The lowest BCUT2D eigenvalue weighted by atomic mass is 9.66. The zero-order valence-corrected chi connectivity index (χ0v) is 11.6. The summed E-state index contributed by atoms with van der Waals surface area (Å²) >= 11 is 0. The SMILES string of the molecule is N#CCCN(C(=O)NCC1(CC(=O)O)CCC1)C1CC1. The summed E-state index contributed by atoms with van der Waals surface area (Å²) in [7, 11) is 0. The maximum atomic E-state index is 12.2. The summed E-state index contributed by atoms with van der Waals surface area (Å²) in [5.41, 5.74) is -0.258. The van der Waals surface area contributed by atoms with Gasteiger partial charge in [0.25, 0.3) is 0 Å². The van der Waals surface area contributed by atoms with Gasteiger partial charge in [-0.2, -0.15) is 5.26 Å². The molecule has 2 aliphatic carbocycles. The number of nitrogens with one attached hydrogen (secondary N) is 1. The molecule has 2 saturated carbocycles. The highest BCUT2D eigenvalue weighted by molar-refractivity contribution is 5.75. The summed E-state index contributed by atoms with van der Waals surface area (Å²) < 4.78 is 0. The normalized spacial score (nSPS) is 19.6. The van der Waals surface area contributed by atoms with E-state index in [9.17, 15) is 9.59 Å². The number of hydrogen-bond acceptors (Lipinski definition) is 3. The number of nitriles is 1. The second-order valence-electron chi connectivity index (χ2n) is 5.92. The Balaban J connectivity index is 1.83. The van der Waals surface area contributed by atoms with Crippen LogP contribution in [-0.2, 0) is 4.79 Å². The zero-order valence-electron chi connectivity index (χ0n) is 11.6. The van der Waals surface area contributed by atoms with E-state index < -0.39 is 5.97 Å². The van der Waals surface area contributed by atoms with Crippen LogP contribution in [0.1, 0.15) is 44.9 Å². The van der Waals surface area contributed by atoms with Crippen LogP contribution in [0.25, 0.3) is 0 Å². The first-order valence-corrected chi connectivity index (χ1v) is 7.19. The Bertz CT molecular complexity index is 422. The van der Waals surface area contributed by atoms with E-state index in [1.165, 1.54) is 0 Å². The van der Waals surface area contributed by atoms with Crippen LogP contribution in [0.4, 0.5) is 4.79 Å². The molecule has 0 radical (unpaired) electrons. The number of carboxylic acids is 1. The molecule has 2 amide bonds. The van der Waals surface area contributed by atoms with E-state index in [1.54, 1.807) is 4.90 Å². The molecule has 0 aromatic heterocycles. The number of rotatable bonds is 7. The summed E-state index contributed by atoms with van der Waals surface area (Å²) in [6, 6.07) is 2.17. The van der Waals surface area contributed by atoms with E-state index in [1.807, 2.05) is 0 Å². The lowest BCUT2D eigenvalue weighted by molar-refractivity contribution is -0.141. The molecule has 20 heavy (non-hydrogen) atoms. The summed E-state index contributed by atoms with van der Waals surface area (Å²) in [6.07, 6.45) is 5.21. The highest BCUT2D eigenvalue weighted by Gasteiger charge is 2.40. The van der Waals surface area contributed by atoms with Crippen LogP contribution >= 0.6 is 0 Å². The second-order valence-corrected chi connectivity index (χ2v) is 5.92. The molecule has 2 N–H and O–H groups in total. The first kappa shape index (κ1) is 14.6. The van der Waals surface area contributed by atoms with Crippen LogP contribution in [0.15, 0.2) is 0 Å². The van der Waals surface area contributed by atoms with Gasteiger partial charge in [-0.1, -0.05) is 6.42 Å². The minimum absolute atomic E-state index is 0.120. The van der Waals surface area contributed by atoms with Crippen molar-refractivity contribution in [3.63, 3.8) is 0 Å². The molecule has 2 aliphatic rings. The van der Waals surface area contributed by atoms with Crippen LogP contribution in [-0.4, -0.2) is 41.1 Å². The molecule has 0 aliphatic heterocycles. The number of carbonyl (C=O) groups excluding carboxylic acids is 1. The van der Waals surface area contributed by atoms with Gasteiger partial charge in [0, 0.05) is 19.1 Å². The Morgan fingerprint density at radius 1 is 1.40 bits per heavy atom. The van der Waals surface area contributed by atoms with Crippen LogP contribution in [0.5, 0.6) is 0 Å². The Hall–Kier alpha value is -1.77. The third-order valence-corrected chi connectivity index (χ3v) is 4.27. The molecule has 6 nitrogen and oxygen atoms in total. The number of nitrogens with zero attached hydrogens (tertiary/aromatic N) is 2. The van der Waals surface area contributed by atoms with Gasteiger partial charge in [0.1, 0.15) is 0 Å². The molecule has 6 heteroatoms. The Kier molecular flexibility index (Phi) is 4.48. The van der Waals surface area contributed by atoms with E-state index in [2.05, 4.69) is 11.4 Å². The van der Waals surface area contributed by atoms with Gasteiger partial charge in [0.05, 0.1) is 18.9 Å². The average molecular weight is 279 g/mol. The molecule has 110 valence electrons. The molecule has 0 saturated heterocycles. The quantitative estimate of drug-likeness (QED) is 0.742. The Morgan fingerprint density at radius 2 is 2.10 bits per heavy atom. The van der Waals surface area contributed by atoms with Crippen LogP contribution in [0, 0.1) is 16.7 Å². The molecule has 0 aromatic carbocycles. The topological polar surface area (TPSA) is 93.4 Å². The number of carbonyl (C=O) groups is 2. The fourth-order valence-corrected chi connectivity index (χ4v) is 2.78. The van der Waals surface area contributed by atoms with Crippen LogP contribution in [0.2, 0.25) is 0 Å². The summed E-state index contributed by atoms with van der Waals surface area (Å²) in [5, 5.41) is 20.5. The summed E-state index contributed by atoms with van der Waals surface area (Å²) in [5.74, 6) is -0.803. The molecular weight excluding hydrogens is 258 g/mol. The zero-order chi connectivity index (χ0) is 14.6. The van der Waals surface area contributed by atoms with Gasteiger partial charge < -0.3 is 15.3 Å². The molecular formula is C14H21N3O3. The first-order valence-electron chi connectivity index (χ1n) is 7.19. The minimum atomic E-state index is -0.803. The maximum absolute atomic E-state index is 12.2. The third kappa shape index (κ3) is 3.62. The van der Waals surface area contributed by atoms with E-state index in [-0.39, 0.29) is 23.9 Å². The van der Waals surface area contributed by atoms with Gasteiger partial charge >= 0.3 is 12.0 Å². The smallest absolute Gasteiger partial charge is 0.317 e. The molecule has 2 rings (SSSR count). The maximum Gasteiger partial charge on any atom is 0.317 e. The number of carboxylic acid groups (broad SMARTS) is 1. The van der Waals surface area contributed by atoms with Crippen molar-refractivity contribution >= 4 is 12.0 Å². The van der Waals surface area contributed by atoms with Crippen LogP contribution < -0.4 is 5.32 Å². The number of urea groups is 1. The predicted molar refractivity (Wildman–Crippen MR) is 71.9 cm³/mol. The third-order valence-electron chi connectivity index (χ3n) is 4.27. The average Bonchev–Trinajstić information content (AvgIpc) is 3.17. The fraction of sp³-hybridized carbons (Fsp3) is 0.786. The first-order chi connectivity index (χ1) is 9.56. The Labute approximate surface area is 118 Å². The lowest BCUT2D eigenvalue weighted by Crippen LogP contribution is -2.48. The van der Waals surface area contributed by atoms with Crippen LogP contribution in [0.3, 0.4) is 0 Å². The van der Waals surface area contributed by atoms with E-state index in [0.717, 1.165) is 32.1 Å². The molecule has 0 heterocycles. The predicted octanol–water partition coefficient (Wildman–Crippen LogP) is 1.72. The molecule has 0 spiro atoms. The van der Waals surface area contributed by atoms with Crippen molar-refractivity contribution in [2.75, 3.05) is 13.1 Å². The number of hydrogen-bond donors (Lipinski definition) is 2.